The van der Waals surface area contributed by atoms with E-state index in [-0.39, 0.29) is 12.6 Å². The number of ether oxygens (including phenoxy) is 1. The number of rotatable bonds is 3. The van der Waals surface area contributed by atoms with Crippen molar-refractivity contribution < 1.29 is 17.9 Å². The molecule has 0 bridgehead atoms. The summed E-state index contributed by atoms with van der Waals surface area (Å²) in [5.74, 6) is 0.359. The normalized spacial score (nSPS) is 16.2. The van der Waals surface area contributed by atoms with E-state index in [1.807, 2.05) is 0 Å². The van der Waals surface area contributed by atoms with Crippen molar-refractivity contribution in [2.24, 2.45) is 5.73 Å². The van der Waals surface area contributed by atoms with Crippen molar-refractivity contribution in [3.8, 4) is 5.75 Å². The Balaban J connectivity index is 2.26. The van der Waals surface area contributed by atoms with Gasteiger partial charge in [-0.15, -0.1) is 0 Å². The average Bonchev–Trinajstić information content (AvgIpc) is 3.00. The highest BCUT2D eigenvalue weighted by molar-refractivity contribution is 5.33. The molecule has 0 aliphatic heterocycles. The van der Waals surface area contributed by atoms with E-state index in [2.05, 4.69) is 4.98 Å². The van der Waals surface area contributed by atoms with Crippen molar-refractivity contribution in [3.63, 3.8) is 0 Å². The summed E-state index contributed by atoms with van der Waals surface area (Å²) in [5.41, 5.74) is 4.79. The SMILES string of the molecule is NCc1cc(C(F)(F)F)ncc1OC1CC1. The van der Waals surface area contributed by atoms with Crippen molar-refractivity contribution in [1.29, 1.82) is 0 Å². The van der Waals surface area contributed by atoms with Crippen LogP contribution in [-0.2, 0) is 12.7 Å². The molecule has 0 atom stereocenters. The van der Waals surface area contributed by atoms with E-state index >= 15 is 0 Å². The summed E-state index contributed by atoms with van der Waals surface area (Å²) in [7, 11) is 0. The lowest BCUT2D eigenvalue weighted by molar-refractivity contribution is -0.141. The van der Waals surface area contributed by atoms with Crippen molar-refractivity contribution in [3.05, 3.63) is 23.5 Å². The third-order valence-corrected chi connectivity index (χ3v) is 2.28. The molecular weight excluding hydrogens is 221 g/mol. The lowest BCUT2D eigenvalue weighted by Gasteiger charge is -2.12. The highest BCUT2D eigenvalue weighted by Crippen LogP contribution is 2.33. The minimum atomic E-state index is -4.44. The zero-order valence-corrected chi connectivity index (χ0v) is 8.42. The molecule has 1 saturated carbocycles. The number of aromatic nitrogens is 1. The zero-order valence-electron chi connectivity index (χ0n) is 8.42. The summed E-state index contributed by atoms with van der Waals surface area (Å²) in [6.45, 7) is 0.00759. The number of hydrogen-bond donors (Lipinski definition) is 1. The maximum atomic E-state index is 12.4. The first-order valence-corrected chi connectivity index (χ1v) is 4.93. The fourth-order valence-electron chi connectivity index (χ4n) is 1.27. The highest BCUT2D eigenvalue weighted by Gasteiger charge is 2.33. The molecule has 2 rings (SSSR count). The molecule has 0 amide bonds. The van der Waals surface area contributed by atoms with Gasteiger partial charge in [0.05, 0.1) is 12.3 Å². The van der Waals surface area contributed by atoms with E-state index in [1.165, 1.54) is 0 Å². The first-order valence-electron chi connectivity index (χ1n) is 4.93. The summed E-state index contributed by atoms with van der Waals surface area (Å²) in [4.78, 5) is 3.33. The summed E-state index contributed by atoms with van der Waals surface area (Å²) in [6.07, 6.45) is -1.36. The van der Waals surface area contributed by atoms with Gasteiger partial charge in [-0.2, -0.15) is 13.2 Å². The summed E-state index contributed by atoms with van der Waals surface area (Å²) >= 11 is 0. The van der Waals surface area contributed by atoms with Crippen LogP contribution in [-0.4, -0.2) is 11.1 Å². The highest BCUT2D eigenvalue weighted by atomic mass is 19.4. The Bertz CT molecular complexity index is 388. The van der Waals surface area contributed by atoms with Crippen LogP contribution in [0, 0.1) is 0 Å². The molecule has 1 aliphatic carbocycles. The molecule has 88 valence electrons. The fraction of sp³-hybridized carbons (Fsp3) is 0.500. The summed E-state index contributed by atoms with van der Waals surface area (Å²) < 4.78 is 42.5. The molecule has 0 saturated heterocycles. The van der Waals surface area contributed by atoms with Crippen molar-refractivity contribution >= 4 is 0 Å². The maximum absolute atomic E-state index is 12.4. The molecule has 0 spiro atoms. The van der Waals surface area contributed by atoms with Crippen LogP contribution in [0.3, 0.4) is 0 Å². The van der Waals surface area contributed by atoms with E-state index < -0.39 is 11.9 Å². The van der Waals surface area contributed by atoms with E-state index in [4.69, 9.17) is 10.5 Å². The van der Waals surface area contributed by atoms with Crippen LogP contribution < -0.4 is 10.5 Å². The predicted octanol–water partition coefficient (Wildman–Crippen LogP) is 2.10. The molecule has 0 radical (unpaired) electrons. The minimum absolute atomic E-state index is 0.00759. The molecule has 1 aromatic heterocycles. The molecule has 0 aromatic carbocycles. The van der Waals surface area contributed by atoms with Crippen molar-refractivity contribution in [2.75, 3.05) is 0 Å². The average molecular weight is 232 g/mol. The van der Waals surface area contributed by atoms with E-state index in [9.17, 15) is 13.2 Å². The largest absolute Gasteiger partial charge is 0.488 e. The second kappa shape index (κ2) is 3.93. The Labute approximate surface area is 90.4 Å². The molecule has 1 fully saturated rings. The number of nitrogens with two attached hydrogens (primary N) is 1. The fourth-order valence-corrected chi connectivity index (χ4v) is 1.27. The third kappa shape index (κ3) is 2.44. The lowest BCUT2D eigenvalue weighted by atomic mass is 10.2. The smallest absolute Gasteiger partial charge is 0.433 e. The Kier molecular flexibility index (Phi) is 2.75. The number of pyridine rings is 1. The van der Waals surface area contributed by atoms with Crippen LogP contribution >= 0.6 is 0 Å². The molecule has 6 heteroatoms. The number of hydrogen-bond acceptors (Lipinski definition) is 3. The molecule has 1 aliphatic rings. The van der Waals surface area contributed by atoms with Crippen LogP contribution in [0.1, 0.15) is 24.1 Å². The Morgan fingerprint density at radius 2 is 2.12 bits per heavy atom. The van der Waals surface area contributed by atoms with Crippen LogP contribution in [0.4, 0.5) is 13.2 Å². The standard InChI is InChI=1S/C10H11F3N2O/c11-10(12,13)9-3-6(4-14)8(5-15-9)16-7-1-2-7/h3,5,7H,1-2,4,14H2. The van der Waals surface area contributed by atoms with Gasteiger partial charge >= 0.3 is 6.18 Å². The second-order valence-electron chi connectivity index (χ2n) is 3.70. The number of alkyl halides is 3. The lowest BCUT2D eigenvalue weighted by Crippen LogP contribution is -2.11. The van der Waals surface area contributed by atoms with Crippen molar-refractivity contribution in [2.45, 2.75) is 31.7 Å². The first-order chi connectivity index (χ1) is 7.50. The molecule has 3 nitrogen and oxygen atoms in total. The van der Waals surface area contributed by atoms with Gasteiger partial charge in [0.2, 0.25) is 0 Å². The zero-order chi connectivity index (χ0) is 11.8. The van der Waals surface area contributed by atoms with Gasteiger partial charge in [-0.05, 0) is 18.9 Å². The van der Waals surface area contributed by atoms with Crippen LogP contribution in [0.25, 0.3) is 0 Å². The molecule has 1 aromatic rings. The van der Waals surface area contributed by atoms with Crippen molar-refractivity contribution in [1.82, 2.24) is 4.98 Å². The van der Waals surface area contributed by atoms with Crippen LogP contribution in [0.15, 0.2) is 12.3 Å². The monoisotopic (exact) mass is 232 g/mol. The van der Waals surface area contributed by atoms with Gasteiger partial charge < -0.3 is 10.5 Å². The molecule has 2 N–H and O–H groups in total. The van der Waals surface area contributed by atoms with Crippen LogP contribution in [0.2, 0.25) is 0 Å². The van der Waals surface area contributed by atoms with E-state index in [1.54, 1.807) is 0 Å². The van der Waals surface area contributed by atoms with Gasteiger partial charge in [-0.3, -0.25) is 0 Å². The van der Waals surface area contributed by atoms with E-state index in [0.717, 1.165) is 25.1 Å². The van der Waals surface area contributed by atoms with Gasteiger partial charge in [-0.1, -0.05) is 0 Å². The topological polar surface area (TPSA) is 48.1 Å². The van der Waals surface area contributed by atoms with Gasteiger partial charge in [0.25, 0.3) is 0 Å². The molecular formula is C10H11F3N2O. The third-order valence-electron chi connectivity index (χ3n) is 2.28. The quantitative estimate of drug-likeness (QED) is 0.868. The van der Waals surface area contributed by atoms with Gasteiger partial charge in [-0.25, -0.2) is 4.98 Å². The van der Waals surface area contributed by atoms with Gasteiger partial charge in [0, 0.05) is 12.1 Å². The molecule has 16 heavy (non-hydrogen) atoms. The van der Waals surface area contributed by atoms with E-state index in [0.29, 0.717) is 11.3 Å². The Hall–Kier alpha value is -1.30. The number of halogens is 3. The summed E-state index contributed by atoms with van der Waals surface area (Å²) in [6, 6.07) is 0.942. The van der Waals surface area contributed by atoms with Crippen LogP contribution in [0.5, 0.6) is 5.75 Å². The Morgan fingerprint density at radius 3 is 2.62 bits per heavy atom. The number of nitrogens with zero attached hydrogens (tertiary/aromatic N) is 1. The predicted molar refractivity (Wildman–Crippen MR) is 50.8 cm³/mol. The molecule has 0 unspecified atom stereocenters. The first kappa shape index (κ1) is 11.2. The van der Waals surface area contributed by atoms with Gasteiger partial charge in [0.1, 0.15) is 11.4 Å². The Morgan fingerprint density at radius 1 is 1.44 bits per heavy atom. The minimum Gasteiger partial charge on any atom is -0.488 e. The second-order valence-corrected chi connectivity index (χ2v) is 3.70. The summed E-state index contributed by atoms with van der Waals surface area (Å²) in [5, 5.41) is 0. The molecule has 1 heterocycles. The van der Waals surface area contributed by atoms with Gasteiger partial charge in [0.15, 0.2) is 0 Å². The maximum Gasteiger partial charge on any atom is 0.433 e.